The molecule has 1 aliphatic rings. The van der Waals surface area contributed by atoms with Crippen molar-refractivity contribution in [2.24, 2.45) is 0 Å². The van der Waals surface area contributed by atoms with E-state index in [0.29, 0.717) is 41.1 Å². The number of imidazole rings is 1. The first kappa shape index (κ1) is 17.9. The standard InChI is InChI=1S/C21H17ClN4O3/c1-27-14-8-6-13(7-9-14)18-10-26-12-23-19(17(26)11-28-18)21-24-20(25-29-21)15-4-2-3-5-16(15)22/h2-9,12,18H,10-11H2,1H3. The quantitative estimate of drug-likeness (QED) is 0.493. The molecular formula is C21H17ClN4O3. The van der Waals surface area contributed by atoms with Crippen molar-refractivity contribution in [1.29, 1.82) is 0 Å². The molecule has 0 bridgehead atoms. The molecule has 1 aliphatic heterocycles. The molecule has 0 saturated carbocycles. The Bertz CT molecular complexity index is 1150. The van der Waals surface area contributed by atoms with Crippen molar-refractivity contribution in [3.05, 3.63) is 71.1 Å². The number of ether oxygens (including phenoxy) is 2. The number of halogens is 1. The largest absolute Gasteiger partial charge is 0.497 e. The smallest absolute Gasteiger partial charge is 0.278 e. The number of hydrogen-bond donors (Lipinski definition) is 0. The average molecular weight is 409 g/mol. The van der Waals surface area contributed by atoms with E-state index in [2.05, 4.69) is 19.7 Å². The van der Waals surface area contributed by atoms with Gasteiger partial charge in [0.1, 0.15) is 11.9 Å². The van der Waals surface area contributed by atoms with E-state index in [1.54, 1.807) is 19.5 Å². The minimum atomic E-state index is -0.0585. The van der Waals surface area contributed by atoms with E-state index >= 15 is 0 Å². The summed E-state index contributed by atoms with van der Waals surface area (Å²) in [7, 11) is 1.65. The van der Waals surface area contributed by atoms with E-state index in [0.717, 1.165) is 17.0 Å². The Hall–Kier alpha value is -3.16. The van der Waals surface area contributed by atoms with E-state index < -0.39 is 0 Å². The first-order valence-corrected chi connectivity index (χ1v) is 9.49. The molecule has 2 aromatic carbocycles. The molecular weight excluding hydrogens is 392 g/mol. The van der Waals surface area contributed by atoms with Crippen molar-refractivity contribution in [3.8, 4) is 28.7 Å². The van der Waals surface area contributed by atoms with Gasteiger partial charge >= 0.3 is 0 Å². The Morgan fingerprint density at radius 3 is 2.76 bits per heavy atom. The van der Waals surface area contributed by atoms with Crippen LogP contribution in [0, 0.1) is 0 Å². The number of methoxy groups -OCH3 is 1. The Morgan fingerprint density at radius 2 is 1.97 bits per heavy atom. The number of benzene rings is 2. The molecule has 8 heteroatoms. The molecule has 5 rings (SSSR count). The highest BCUT2D eigenvalue weighted by molar-refractivity contribution is 6.33. The molecule has 4 aromatic rings. The molecule has 0 saturated heterocycles. The molecule has 0 fully saturated rings. The third-order valence-electron chi connectivity index (χ3n) is 4.96. The second kappa shape index (κ2) is 7.35. The van der Waals surface area contributed by atoms with Crippen LogP contribution < -0.4 is 4.74 Å². The maximum atomic E-state index is 6.23. The van der Waals surface area contributed by atoms with Gasteiger partial charge in [0.25, 0.3) is 5.89 Å². The molecule has 146 valence electrons. The summed E-state index contributed by atoms with van der Waals surface area (Å²) in [6.07, 6.45) is 1.72. The van der Waals surface area contributed by atoms with Gasteiger partial charge in [-0.05, 0) is 29.8 Å². The van der Waals surface area contributed by atoms with Gasteiger partial charge in [0.15, 0.2) is 5.69 Å². The van der Waals surface area contributed by atoms with Gasteiger partial charge in [-0.1, -0.05) is 41.0 Å². The Kier molecular flexibility index (Phi) is 4.54. The van der Waals surface area contributed by atoms with Crippen LogP contribution in [0.25, 0.3) is 23.0 Å². The highest BCUT2D eigenvalue weighted by Crippen LogP contribution is 2.33. The second-order valence-electron chi connectivity index (χ2n) is 6.67. The SMILES string of the molecule is COc1ccc(C2Cn3cnc(-c4nc(-c5ccccc5Cl)no4)c3CO2)cc1. The lowest BCUT2D eigenvalue weighted by Gasteiger charge is -2.25. The first-order valence-electron chi connectivity index (χ1n) is 9.11. The van der Waals surface area contributed by atoms with Crippen LogP contribution in [0.1, 0.15) is 17.4 Å². The van der Waals surface area contributed by atoms with Gasteiger partial charge in [0.05, 0.1) is 37.3 Å². The molecule has 0 N–H and O–H groups in total. The molecule has 0 radical (unpaired) electrons. The fourth-order valence-electron chi connectivity index (χ4n) is 3.40. The van der Waals surface area contributed by atoms with Crippen LogP contribution in [0.3, 0.4) is 0 Å². The van der Waals surface area contributed by atoms with Crippen LogP contribution in [0.15, 0.2) is 59.4 Å². The summed E-state index contributed by atoms with van der Waals surface area (Å²) >= 11 is 6.23. The Morgan fingerprint density at radius 1 is 1.14 bits per heavy atom. The van der Waals surface area contributed by atoms with E-state index in [4.69, 9.17) is 25.6 Å². The molecule has 29 heavy (non-hydrogen) atoms. The maximum Gasteiger partial charge on any atom is 0.278 e. The van der Waals surface area contributed by atoms with Gasteiger partial charge in [0, 0.05) is 5.56 Å². The fourth-order valence-corrected chi connectivity index (χ4v) is 3.62. The number of aromatic nitrogens is 4. The summed E-state index contributed by atoms with van der Waals surface area (Å²) in [5.74, 6) is 1.60. The zero-order valence-corrected chi connectivity index (χ0v) is 16.3. The van der Waals surface area contributed by atoms with Crippen LogP contribution in [0.5, 0.6) is 5.75 Å². The predicted octanol–water partition coefficient (Wildman–Crippen LogP) is 4.53. The fraction of sp³-hybridized carbons (Fsp3) is 0.190. The highest BCUT2D eigenvalue weighted by Gasteiger charge is 2.26. The Labute approximate surface area is 171 Å². The third-order valence-corrected chi connectivity index (χ3v) is 5.29. The summed E-state index contributed by atoms with van der Waals surface area (Å²) in [4.78, 5) is 8.97. The number of rotatable bonds is 4. The zero-order chi connectivity index (χ0) is 19.8. The van der Waals surface area contributed by atoms with Crippen LogP contribution in [-0.4, -0.2) is 26.8 Å². The van der Waals surface area contributed by atoms with Crippen LogP contribution in [0.4, 0.5) is 0 Å². The molecule has 7 nitrogen and oxygen atoms in total. The van der Waals surface area contributed by atoms with Crippen LogP contribution in [0.2, 0.25) is 5.02 Å². The predicted molar refractivity (Wildman–Crippen MR) is 106 cm³/mol. The van der Waals surface area contributed by atoms with Crippen molar-refractivity contribution in [2.75, 3.05) is 7.11 Å². The summed E-state index contributed by atoms with van der Waals surface area (Å²) in [6.45, 7) is 1.05. The molecule has 1 unspecified atom stereocenters. The van der Waals surface area contributed by atoms with E-state index in [1.165, 1.54) is 0 Å². The normalized spacial score (nSPS) is 15.9. The van der Waals surface area contributed by atoms with Crippen LogP contribution >= 0.6 is 11.6 Å². The van der Waals surface area contributed by atoms with Gasteiger partial charge in [-0.25, -0.2) is 4.98 Å². The number of nitrogens with zero attached hydrogens (tertiary/aromatic N) is 4. The summed E-state index contributed by atoms with van der Waals surface area (Å²) in [6, 6.07) is 15.3. The average Bonchev–Trinajstić information content (AvgIpc) is 3.40. The maximum absolute atomic E-state index is 6.23. The lowest BCUT2D eigenvalue weighted by Crippen LogP contribution is -2.20. The zero-order valence-electron chi connectivity index (χ0n) is 15.6. The van der Waals surface area contributed by atoms with E-state index in [9.17, 15) is 0 Å². The van der Waals surface area contributed by atoms with Crippen molar-refractivity contribution in [1.82, 2.24) is 19.7 Å². The highest BCUT2D eigenvalue weighted by atomic mass is 35.5. The Balaban J connectivity index is 1.40. The van der Waals surface area contributed by atoms with E-state index in [1.807, 2.05) is 42.5 Å². The molecule has 0 aliphatic carbocycles. The molecule has 3 heterocycles. The topological polar surface area (TPSA) is 75.2 Å². The minimum absolute atomic E-state index is 0.0585. The van der Waals surface area contributed by atoms with Crippen molar-refractivity contribution < 1.29 is 14.0 Å². The van der Waals surface area contributed by atoms with Crippen molar-refractivity contribution in [2.45, 2.75) is 19.3 Å². The first-order chi connectivity index (χ1) is 14.2. The molecule has 1 atom stereocenters. The van der Waals surface area contributed by atoms with Gasteiger partial charge in [-0.2, -0.15) is 4.98 Å². The second-order valence-corrected chi connectivity index (χ2v) is 7.08. The lowest BCUT2D eigenvalue weighted by atomic mass is 10.1. The monoisotopic (exact) mass is 408 g/mol. The van der Waals surface area contributed by atoms with Crippen molar-refractivity contribution >= 4 is 11.6 Å². The van der Waals surface area contributed by atoms with Gasteiger partial charge in [-0.15, -0.1) is 0 Å². The van der Waals surface area contributed by atoms with E-state index in [-0.39, 0.29) is 6.10 Å². The lowest BCUT2D eigenvalue weighted by molar-refractivity contribution is 0.00328. The summed E-state index contributed by atoms with van der Waals surface area (Å²) in [5.41, 5.74) is 3.34. The molecule has 2 aromatic heterocycles. The van der Waals surface area contributed by atoms with Gasteiger partial charge in [-0.3, -0.25) is 0 Å². The third kappa shape index (κ3) is 3.28. The minimum Gasteiger partial charge on any atom is -0.497 e. The summed E-state index contributed by atoms with van der Waals surface area (Å²) in [5, 5.41) is 4.63. The van der Waals surface area contributed by atoms with Gasteiger partial charge < -0.3 is 18.6 Å². The number of hydrogen-bond acceptors (Lipinski definition) is 6. The van der Waals surface area contributed by atoms with Gasteiger partial charge in [0.2, 0.25) is 5.82 Å². The van der Waals surface area contributed by atoms with Crippen LogP contribution in [-0.2, 0) is 17.9 Å². The molecule has 0 spiro atoms. The van der Waals surface area contributed by atoms with Crippen molar-refractivity contribution in [3.63, 3.8) is 0 Å². The summed E-state index contributed by atoms with van der Waals surface area (Å²) < 4.78 is 18.8. The number of fused-ring (bicyclic) bond motifs is 1. The molecule has 0 amide bonds.